The Bertz CT molecular complexity index is 901. The normalized spacial score (nSPS) is 26.2. The second-order valence-electron chi connectivity index (χ2n) is 6.41. The monoisotopic (exact) mass is 426 g/mol. The number of phosphoric ester groups is 1. The number of primary amides is 1. The van der Waals surface area contributed by atoms with Crippen molar-refractivity contribution in [2.24, 2.45) is 5.73 Å². The number of carbonyl (C=O) groups excluding carboxylic acids is 1. The summed E-state index contributed by atoms with van der Waals surface area (Å²) >= 11 is 0. The van der Waals surface area contributed by atoms with Gasteiger partial charge >= 0.3 is 0 Å². The van der Waals surface area contributed by atoms with Crippen LogP contribution in [0.4, 0.5) is 4.39 Å². The first-order valence-electron chi connectivity index (χ1n) is 8.69. The third-order valence-electron chi connectivity index (χ3n) is 4.32. The van der Waals surface area contributed by atoms with E-state index in [9.17, 15) is 23.7 Å². The van der Waals surface area contributed by atoms with Gasteiger partial charge in [0, 0.05) is 6.07 Å². The summed E-state index contributed by atoms with van der Waals surface area (Å²) in [6.45, 7) is -0.858. The number of hydrogen-bond donors (Lipinski definition) is 2. The Hall–Kier alpha value is -2.20. The van der Waals surface area contributed by atoms with Crippen molar-refractivity contribution >= 4 is 13.7 Å². The van der Waals surface area contributed by atoms with Crippen LogP contribution in [0.25, 0.3) is 0 Å². The lowest BCUT2D eigenvalue weighted by Crippen LogP contribution is -2.45. The van der Waals surface area contributed by atoms with E-state index in [4.69, 9.17) is 19.5 Å². The van der Waals surface area contributed by atoms with E-state index in [2.05, 4.69) is 0 Å². The molecule has 1 fully saturated rings. The van der Waals surface area contributed by atoms with E-state index in [0.717, 1.165) is 0 Å². The van der Waals surface area contributed by atoms with E-state index in [1.165, 1.54) is 29.1 Å². The number of amides is 1. The number of nitrogens with zero attached hydrogens (tertiary/aromatic N) is 1. The van der Waals surface area contributed by atoms with Crippen molar-refractivity contribution in [1.29, 1.82) is 0 Å². The molecule has 1 aliphatic heterocycles. The molecule has 2 heterocycles. The van der Waals surface area contributed by atoms with Gasteiger partial charge in [-0.05, 0) is 11.6 Å². The highest BCUT2D eigenvalue weighted by molar-refractivity contribution is 7.45. The molecule has 2 aromatic rings. The van der Waals surface area contributed by atoms with Crippen LogP contribution < -0.4 is 15.2 Å². The van der Waals surface area contributed by atoms with Crippen LogP contribution in [-0.4, -0.2) is 36.0 Å². The lowest BCUT2D eigenvalue weighted by atomic mass is 10.1. The Kier molecular flexibility index (Phi) is 6.74. The molecule has 1 aromatic carbocycles. The molecule has 29 heavy (non-hydrogen) atoms. The molecular formula is C18H20FN2O7P. The predicted octanol–water partition coefficient (Wildman–Crippen LogP) is 0.371. The lowest BCUT2D eigenvalue weighted by molar-refractivity contribution is -0.764. The lowest BCUT2D eigenvalue weighted by Gasteiger charge is -2.24. The van der Waals surface area contributed by atoms with Crippen LogP contribution in [0.1, 0.15) is 22.1 Å². The number of hydrogen-bond acceptors (Lipinski definition) is 7. The largest absolute Gasteiger partial charge is 0.756 e. The quantitative estimate of drug-likeness (QED) is 0.460. The molecule has 1 aromatic heterocycles. The molecular weight excluding hydrogens is 406 g/mol. The first-order valence-corrected chi connectivity index (χ1v) is 10.1. The number of pyridine rings is 1. The molecule has 0 saturated carbocycles. The van der Waals surface area contributed by atoms with E-state index >= 15 is 0 Å². The van der Waals surface area contributed by atoms with Gasteiger partial charge in [-0.15, -0.1) is 0 Å². The standard InChI is InChI=1S/C18H20FN2O7P/c19-15-16(22)14(28-18(15)21-8-4-7-13(9-21)17(20)23)11-27-29(24,25)26-10-12-5-2-1-3-6-12/h1-9,14-16,18,22H,10-11H2,(H2-,20,23,24,25)/t14-,15+,16-,18-/m1/s1. The Labute approximate surface area is 166 Å². The van der Waals surface area contributed by atoms with E-state index < -0.39 is 44.9 Å². The summed E-state index contributed by atoms with van der Waals surface area (Å²) < 4.78 is 42.6. The third kappa shape index (κ3) is 5.45. The fourth-order valence-electron chi connectivity index (χ4n) is 2.81. The molecule has 3 rings (SSSR count). The summed E-state index contributed by atoms with van der Waals surface area (Å²) in [4.78, 5) is 23.2. The molecule has 0 spiro atoms. The van der Waals surface area contributed by atoms with Gasteiger partial charge in [0.05, 0.1) is 13.2 Å². The SMILES string of the molecule is NC(=O)c1ccc[n+]([C@@H]2O[C@H](COP(=O)([O-])OCc3ccccc3)[C@@H](O)[C@@H]2F)c1. The molecule has 1 aliphatic rings. The van der Waals surface area contributed by atoms with Crippen LogP contribution in [0, 0.1) is 0 Å². The minimum atomic E-state index is -4.70. The predicted molar refractivity (Wildman–Crippen MR) is 94.8 cm³/mol. The Morgan fingerprint density at radius 1 is 1.28 bits per heavy atom. The molecule has 0 bridgehead atoms. The summed E-state index contributed by atoms with van der Waals surface area (Å²) in [7, 11) is -4.70. The van der Waals surface area contributed by atoms with Crippen LogP contribution in [0.2, 0.25) is 0 Å². The number of phosphoric acid groups is 1. The van der Waals surface area contributed by atoms with Crippen LogP contribution in [-0.2, 0) is 25.0 Å². The van der Waals surface area contributed by atoms with Gasteiger partial charge in [-0.25, -0.2) is 4.39 Å². The molecule has 156 valence electrons. The molecule has 1 amide bonds. The number of nitrogens with two attached hydrogens (primary N) is 1. The molecule has 3 N–H and O–H groups in total. The number of aromatic nitrogens is 1. The average molecular weight is 426 g/mol. The van der Waals surface area contributed by atoms with Gasteiger partial charge in [-0.3, -0.25) is 9.36 Å². The van der Waals surface area contributed by atoms with Crippen molar-refractivity contribution in [3.8, 4) is 0 Å². The van der Waals surface area contributed by atoms with Crippen LogP contribution in [0.5, 0.6) is 0 Å². The number of ether oxygens (including phenoxy) is 1. The van der Waals surface area contributed by atoms with Crippen molar-refractivity contribution in [2.45, 2.75) is 31.2 Å². The molecule has 9 nitrogen and oxygen atoms in total. The summed E-state index contributed by atoms with van der Waals surface area (Å²) in [5.41, 5.74) is 5.95. The zero-order chi connectivity index (χ0) is 21.0. The molecule has 0 aliphatic carbocycles. The van der Waals surface area contributed by atoms with E-state index in [1.54, 1.807) is 30.3 Å². The fraction of sp³-hybridized carbons (Fsp3) is 0.333. The van der Waals surface area contributed by atoms with Gasteiger partial charge in [0.25, 0.3) is 20.0 Å². The van der Waals surface area contributed by atoms with Gasteiger partial charge in [-0.2, -0.15) is 4.57 Å². The number of carbonyl (C=O) groups is 1. The maximum atomic E-state index is 14.5. The Morgan fingerprint density at radius 2 is 2.00 bits per heavy atom. The first-order chi connectivity index (χ1) is 13.8. The van der Waals surface area contributed by atoms with Crippen LogP contribution >= 0.6 is 7.82 Å². The first kappa shape index (κ1) is 21.5. The minimum Gasteiger partial charge on any atom is -0.756 e. The number of alkyl halides is 1. The molecule has 5 atom stereocenters. The zero-order valence-corrected chi connectivity index (χ0v) is 16.1. The third-order valence-corrected chi connectivity index (χ3v) is 5.23. The van der Waals surface area contributed by atoms with Crippen molar-refractivity contribution in [3.05, 3.63) is 66.0 Å². The van der Waals surface area contributed by atoms with E-state index in [1.807, 2.05) is 0 Å². The van der Waals surface area contributed by atoms with Crippen LogP contribution in [0.15, 0.2) is 54.9 Å². The van der Waals surface area contributed by atoms with Gasteiger partial charge in [-0.1, -0.05) is 30.3 Å². The second kappa shape index (κ2) is 9.08. The summed E-state index contributed by atoms with van der Waals surface area (Å²) in [6, 6.07) is 11.5. The van der Waals surface area contributed by atoms with Gasteiger partial charge in [0.2, 0.25) is 6.17 Å². The number of benzene rings is 1. The zero-order valence-electron chi connectivity index (χ0n) is 15.2. The summed E-state index contributed by atoms with van der Waals surface area (Å²) in [6.07, 6.45) is -3.36. The highest BCUT2D eigenvalue weighted by Crippen LogP contribution is 2.41. The molecule has 11 heteroatoms. The fourth-order valence-corrected chi connectivity index (χ4v) is 3.52. The van der Waals surface area contributed by atoms with Crippen molar-refractivity contribution in [2.75, 3.05) is 6.61 Å². The van der Waals surface area contributed by atoms with E-state index in [-0.39, 0.29) is 12.2 Å². The van der Waals surface area contributed by atoms with Crippen LogP contribution in [0.3, 0.4) is 0 Å². The van der Waals surface area contributed by atoms with Gasteiger partial charge < -0.3 is 29.5 Å². The molecule has 0 radical (unpaired) electrons. The van der Waals surface area contributed by atoms with Crippen molar-refractivity contribution in [3.63, 3.8) is 0 Å². The highest BCUT2D eigenvalue weighted by Gasteiger charge is 2.50. The summed E-state index contributed by atoms with van der Waals surface area (Å²) in [5.74, 6) is -0.712. The van der Waals surface area contributed by atoms with Crippen molar-refractivity contribution in [1.82, 2.24) is 0 Å². The number of aliphatic hydroxyl groups excluding tert-OH is 1. The average Bonchev–Trinajstić information content (AvgIpc) is 3.00. The maximum absolute atomic E-state index is 14.5. The maximum Gasteiger partial charge on any atom is 0.297 e. The van der Waals surface area contributed by atoms with E-state index in [0.29, 0.717) is 5.56 Å². The second-order valence-corrected chi connectivity index (χ2v) is 7.82. The number of halogens is 1. The smallest absolute Gasteiger partial charge is 0.297 e. The molecule has 1 unspecified atom stereocenters. The van der Waals surface area contributed by atoms with Crippen molar-refractivity contribution < 1.29 is 42.1 Å². The minimum absolute atomic E-state index is 0.121. The number of aliphatic hydroxyl groups is 1. The number of rotatable bonds is 8. The van der Waals surface area contributed by atoms with Gasteiger partial charge in [0.1, 0.15) is 17.8 Å². The molecule has 1 saturated heterocycles. The summed E-state index contributed by atoms with van der Waals surface area (Å²) in [5, 5.41) is 10.1. The Morgan fingerprint density at radius 3 is 2.69 bits per heavy atom. The topological polar surface area (TPSA) is 135 Å². The Balaban J connectivity index is 1.59. The highest BCUT2D eigenvalue weighted by atomic mass is 31.2. The van der Waals surface area contributed by atoms with Gasteiger partial charge in [0.15, 0.2) is 12.4 Å².